The minimum absolute atomic E-state index is 0.00655. The van der Waals surface area contributed by atoms with Crippen LogP contribution in [0.4, 0.5) is 11.4 Å². The fourth-order valence-corrected chi connectivity index (χ4v) is 3.00. The fraction of sp³-hybridized carbons (Fsp3) is 0.0714. The Kier molecular flexibility index (Phi) is 3.86. The van der Waals surface area contributed by atoms with Crippen molar-refractivity contribution in [3.63, 3.8) is 0 Å². The third-order valence-electron chi connectivity index (χ3n) is 2.88. The predicted molar refractivity (Wildman–Crippen MR) is 81.4 cm³/mol. The molecule has 0 saturated carbocycles. The van der Waals surface area contributed by atoms with E-state index in [-0.39, 0.29) is 10.6 Å². The summed E-state index contributed by atoms with van der Waals surface area (Å²) < 4.78 is 26.9. The van der Waals surface area contributed by atoms with Gasteiger partial charge < -0.3 is 11.5 Å². The van der Waals surface area contributed by atoms with Crippen molar-refractivity contribution in [1.82, 2.24) is 0 Å². The smallest absolute Gasteiger partial charge is 0.263 e. The van der Waals surface area contributed by atoms with Gasteiger partial charge in [0.15, 0.2) is 0 Å². The minimum Gasteiger partial charge on any atom is -0.398 e. The van der Waals surface area contributed by atoms with E-state index in [4.69, 9.17) is 11.5 Å². The van der Waals surface area contributed by atoms with Crippen molar-refractivity contribution in [2.45, 2.75) is 11.8 Å². The number of anilines is 2. The Bertz CT molecular complexity index is 784. The summed E-state index contributed by atoms with van der Waals surface area (Å²) in [7, 11) is -3.79. The third kappa shape index (κ3) is 3.32. The number of aryl methyl sites for hydroxylation is 1. The molecule has 0 spiro atoms. The Morgan fingerprint density at radius 2 is 1.71 bits per heavy atom. The quantitative estimate of drug-likeness (QED) is 0.742. The molecule has 0 heterocycles. The molecule has 2 aromatic carbocycles. The van der Waals surface area contributed by atoms with Crippen LogP contribution < -0.4 is 16.2 Å². The van der Waals surface area contributed by atoms with Gasteiger partial charge in [0.25, 0.3) is 10.0 Å². The van der Waals surface area contributed by atoms with Gasteiger partial charge in [0.05, 0.1) is 5.69 Å². The number of amides is 1. The molecule has 0 unspecified atom stereocenters. The van der Waals surface area contributed by atoms with E-state index in [1.54, 1.807) is 12.1 Å². The van der Waals surface area contributed by atoms with E-state index in [0.29, 0.717) is 11.3 Å². The third-order valence-corrected chi connectivity index (χ3v) is 4.33. The van der Waals surface area contributed by atoms with E-state index in [1.807, 2.05) is 6.92 Å². The summed E-state index contributed by atoms with van der Waals surface area (Å²) in [6, 6.07) is 10.5. The van der Waals surface area contributed by atoms with Gasteiger partial charge in [-0.05, 0) is 48.9 Å². The summed E-state index contributed by atoms with van der Waals surface area (Å²) >= 11 is 0. The maximum Gasteiger partial charge on any atom is 0.263 e. The molecule has 5 N–H and O–H groups in total. The van der Waals surface area contributed by atoms with E-state index in [2.05, 4.69) is 4.72 Å². The molecule has 110 valence electrons. The first-order valence-electron chi connectivity index (χ1n) is 6.08. The zero-order chi connectivity index (χ0) is 15.6. The number of benzene rings is 2. The first kappa shape index (κ1) is 14.9. The molecule has 0 fully saturated rings. The highest BCUT2D eigenvalue weighted by atomic mass is 32.2. The minimum atomic E-state index is -3.79. The summed E-state index contributed by atoms with van der Waals surface area (Å²) in [5.41, 5.74) is 12.5. The van der Waals surface area contributed by atoms with Crippen LogP contribution in [-0.2, 0) is 10.0 Å². The average Bonchev–Trinajstić information content (AvgIpc) is 2.38. The van der Waals surface area contributed by atoms with E-state index in [9.17, 15) is 13.2 Å². The Hall–Kier alpha value is -2.54. The van der Waals surface area contributed by atoms with Crippen LogP contribution in [0.15, 0.2) is 47.4 Å². The molecule has 0 aliphatic heterocycles. The van der Waals surface area contributed by atoms with E-state index >= 15 is 0 Å². The zero-order valence-corrected chi connectivity index (χ0v) is 12.1. The highest BCUT2D eigenvalue weighted by Crippen LogP contribution is 2.22. The molecule has 0 bridgehead atoms. The number of sulfonamides is 1. The second-order valence-corrected chi connectivity index (χ2v) is 6.24. The molecule has 7 heteroatoms. The van der Waals surface area contributed by atoms with Gasteiger partial charge in [-0.15, -0.1) is 0 Å². The average molecular weight is 305 g/mol. The van der Waals surface area contributed by atoms with Crippen LogP contribution in [0.2, 0.25) is 0 Å². The van der Waals surface area contributed by atoms with Gasteiger partial charge >= 0.3 is 0 Å². The lowest BCUT2D eigenvalue weighted by molar-refractivity contribution is 0.100. The summed E-state index contributed by atoms with van der Waals surface area (Å²) in [5, 5.41) is 0. The number of nitrogens with two attached hydrogens (primary N) is 2. The summed E-state index contributed by atoms with van der Waals surface area (Å²) in [6.45, 7) is 1.82. The van der Waals surface area contributed by atoms with Gasteiger partial charge in [-0.3, -0.25) is 9.52 Å². The Morgan fingerprint density at radius 1 is 1.10 bits per heavy atom. The highest BCUT2D eigenvalue weighted by molar-refractivity contribution is 7.92. The van der Waals surface area contributed by atoms with Gasteiger partial charge in [-0.2, -0.15) is 0 Å². The molecule has 0 radical (unpaired) electrons. The molecule has 2 rings (SSSR count). The van der Waals surface area contributed by atoms with Gasteiger partial charge in [-0.25, -0.2) is 8.42 Å². The standard InChI is InChI=1S/C14H15N3O3S/c1-9-2-7-13(12(15)8-9)21(19,20)17-11-5-3-10(4-6-11)14(16)18/h2-8,17H,15H2,1H3,(H2,16,18). The van der Waals surface area contributed by atoms with Gasteiger partial charge in [0, 0.05) is 11.3 Å². The van der Waals surface area contributed by atoms with Crippen LogP contribution in [0.25, 0.3) is 0 Å². The van der Waals surface area contributed by atoms with Crippen LogP contribution in [0.3, 0.4) is 0 Å². The molecule has 0 atom stereocenters. The second kappa shape index (κ2) is 5.45. The SMILES string of the molecule is Cc1ccc(S(=O)(=O)Nc2ccc(C(N)=O)cc2)c(N)c1. The van der Waals surface area contributed by atoms with Crippen LogP contribution in [0.1, 0.15) is 15.9 Å². The van der Waals surface area contributed by atoms with Crippen molar-refractivity contribution in [1.29, 1.82) is 0 Å². The van der Waals surface area contributed by atoms with E-state index in [0.717, 1.165) is 5.56 Å². The molecule has 0 aliphatic rings. The molecule has 21 heavy (non-hydrogen) atoms. The van der Waals surface area contributed by atoms with Crippen molar-refractivity contribution in [2.24, 2.45) is 5.73 Å². The van der Waals surface area contributed by atoms with Gasteiger partial charge in [0.2, 0.25) is 5.91 Å². The molecular formula is C14H15N3O3S. The topological polar surface area (TPSA) is 115 Å². The van der Waals surface area contributed by atoms with E-state index < -0.39 is 15.9 Å². The number of rotatable bonds is 4. The van der Waals surface area contributed by atoms with E-state index in [1.165, 1.54) is 30.3 Å². The van der Waals surface area contributed by atoms with Crippen LogP contribution >= 0.6 is 0 Å². The molecule has 1 amide bonds. The number of nitrogens with one attached hydrogen (secondary N) is 1. The number of carbonyl (C=O) groups is 1. The predicted octanol–water partition coefficient (Wildman–Crippen LogP) is 1.48. The monoisotopic (exact) mass is 305 g/mol. The number of hydrogen-bond donors (Lipinski definition) is 3. The first-order valence-corrected chi connectivity index (χ1v) is 7.57. The van der Waals surface area contributed by atoms with Crippen molar-refractivity contribution in [3.05, 3.63) is 53.6 Å². The number of carbonyl (C=O) groups excluding carboxylic acids is 1. The largest absolute Gasteiger partial charge is 0.398 e. The maximum absolute atomic E-state index is 12.3. The summed E-state index contributed by atoms with van der Waals surface area (Å²) in [4.78, 5) is 11.0. The summed E-state index contributed by atoms with van der Waals surface area (Å²) in [6.07, 6.45) is 0. The lowest BCUT2D eigenvalue weighted by atomic mass is 10.2. The zero-order valence-electron chi connectivity index (χ0n) is 11.3. The molecule has 0 aliphatic carbocycles. The first-order chi connectivity index (χ1) is 9.79. The molecule has 2 aromatic rings. The highest BCUT2D eigenvalue weighted by Gasteiger charge is 2.17. The Morgan fingerprint density at radius 3 is 2.24 bits per heavy atom. The van der Waals surface area contributed by atoms with Crippen LogP contribution in [0, 0.1) is 6.92 Å². The molecule has 0 saturated heterocycles. The van der Waals surface area contributed by atoms with Crippen molar-refractivity contribution < 1.29 is 13.2 Å². The van der Waals surface area contributed by atoms with Crippen molar-refractivity contribution >= 4 is 27.3 Å². The lowest BCUT2D eigenvalue weighted by Crippen LogP contribution is -2.15. The second-order valence-electron chi connectivity index (χ2n) is 4.59. The summed E-state index contributed by atoms with van der Waals surface area (Å²) in [5.74, 6) is -0.577. The van der Waals surface area contributed by atoms with Gasteiger partial charge in [0.1, 0.15) is 4.90 Å². The fourth-order valence-electron chi connectivity index (χ4n) is 1.83. The maximum atomic E-state index is 12.3. The number of hydrogen-bond acceptors (Lipinski definition) is 4. The van der Waals surface area contributed by atoms with Crippen molar-refractivity contribution in [3.8, 4) is 0 Å². The van der Waals surface area contributed by atoms with Crippen molar-refractivity contribution in [2.75, 3.05) is 10.5 Å². The lowest BCUT2D eigenvalue weighted by Gasteiger charge is -2.11. The normalized spacial score (nSPS) is 11.1. The van der Waals surface area contributed by atoms with Gasteiger partial charge in [-0.1, -0.05) is 6.07 Å². The molecule has 0 aromatic heterocycles. The van der Waals surface area contributed by atoms with Crippen LogP contribution in [0.5, 0.6) is 0 Å². The molecular weight excluding hydrogens is 290 g/mol. The van der Waals surface area contributed by atoms with Crippen LogP contribution in [-0.4, -0.2) is 14.3 Å². The molecule has 6 nitrogen and oxygen atoms in total. The number of primary amides is 1. The Labute approximate surface area is 122 Å². The Balaban J connectivity index is 2.30. The number of nitrogen functional groups attached to an aromatic ring is 1.